The monoisotopic (exact) mass is 316 g/mol. The third kappa shape index (κ3) is 2.49. The molecule has 3 rings (SSSR count). The molecular formula is C15H13ClN4O2. The molecular weight excluding hydrogens is 304 g/mol. The van der Waals surface area contributed by atoms with Crippen LogP contribution in [0.3, 0.4) is 0 Å². The normalized spacial score (nSPS) is 14.2. The molecule has 112 valence electrons. The minimum atomic E-state index is -0.112. The fourth-order valence-corrected chi connectivity index (χ4v) is 2.51. The van der Waals surface area contributed by atoms with Crippen LogP contribution in [0.4, 0.5) is 0 Å². The van der Waals surface area contributed by atoms with Crippen LogP contribution in [-0.2, 0) is 0 Å². The number of hydrazone groups is 1. The molecule has 0 aliphatic heterocycles. The Balaban J connectivity index is 1.88. The number of allylic oxidation sites excluding steroid dienone is 1. The lowest BCUT2D eigenvalue weighted by Gasteiger charge is -2.03. The highest BCUT2D eigenvalue weighted by Gasteiger charge is 2.32. The fraction of sp³-hybridized carbons (Fsp3) is 0.0667. The van der Waals surface area contributed by atoms with E-state index in [1.807, 2.05) is 0 Å². The van der Waals surface area contributed by atoms with Gasteiger partial charge in [0, 0.05) is 28.7 Å². The average molecular weight is 317 g/mol. The van der Waals surface area contributed by atoms with Crippen LogP contribution >= 0.6 is 11.6 Å². The summed E-state index contributed by atoms with van der Waals surface area (Å²) in [5, 5.41) is 3.94. The number of carbonyl (C=O) groups is 1. The summed E-state index contributed by atoms with van der Waals surface area (Å²) in [6.45, 7) is 0. The smallest absolute Gasteiger partial charge is 0.189 e. The molecule has 1 aliphatic carbocycles. The van der Waals surface area contributed by atoms with Gasteiger partial charge in [-0.25, -0.2) is 5.84 Å². The molecule has 22 heavy (non-hydrogen) atoms. The van der Waals surface area contributed by atoms with E-state index >= 15 is 0 Å². The highest BCUT2D eigenvalue weighted by Crippen LogP contribution is 2.36. The molecule has 0 saturated heterocycles. The summed E-state index contributed by atoms with van der Waals surface area (Å²) in [5.41, 5.74) is 4.95. The zero-order valence-corrected chi connectivity index (χ0v) is 12.2. The number of ketones is 1. The van der Waals surface area contributed by atoms with Gasteiger partial charge in [-0.2, -0.15) is 5.10 Å². The van der Waals surface area contributed by atoms with Gasteiger partial charge in [0.15, 0.2) is 11.6 Å². The molecule has 0 atom stereocenters. The number of furan rings is 1. The van der Waals surface area contributed by atoms with Gasteiger partial charge in [0.25, 0.3) is 0 Å². The zero-order valence-electron chi connectivity index (χ0n) is 11.5. The Labute approximate surface area is 131 Å². The van der Waals surface area contributed by atoms with Crippen LogP contribution in [0.1, 0.15) is 16.8 Å². The maximum atomic E-state index is 12.4. The first-order valence-corrected chi connectivity index (χ1v) is 6.88. The van der Waals surface area contributed by atoms with Crippen molar-refractivity contribution in [3.8, 4) is 11.3 Å². The van der Waals surface area contributed by atoms with Crippen molar-refractivity contribution in [2.24, 2.45) is 16.8 Å². The molecule has 1 heterocycles. The Kier molecular flexibility index (Phi) is 3.70. The molecule has 0 spiro atoms. The Bertz CT molecular complexity index is 794. The Morgan fingerprint density at radius 1 is 1.32 bits per heavy atom. The Hall–Kier alpha value is -2.57. The third-order valence-corrected chi connectivity index (χ3v) is 3.75. The van der Waals surface area contributed by atoms with Crippen molar-refractivity contribution < 1.29 is 9.21 Å². The van der Waals surface area contributed by atoms with E-state index in [1.54, 1.807) is 36.6 Å². The lowest BCUT2D eigenvalue weighted by atomic mass is 10.1. The van der Waals surface area contributed by atoms with E-state index in [1.165, 1.54) is 0 Å². The van der Waals surface area contributed by atoms with Crippen LogP contribution in [-0.4, -0.2) is 11.6 Å². The van der Waals surface area contributed by atoms with Crippen LogP contribution < -0.4 is 17.1 Å². The molecule has 0 amide bonds. The predicted molar refractivity (Wildman–Crippen MR) is 84.1 cm³/mol. The van der Waals surface area contributed by atoms with Gasteiger partial charge in [-0.05, 0) is 24.3 Å². The first-order chi connectivity index (χ1) is 10.7. The van der Waals surface area contributed by atoms with E-state index in [4.69, 9.17) is 27.7 Å². The molecule has 0 bridgehead atoms. The standard InChI is InChI=1S/C15H13ClN4O2/c16-12-6-8(3-4-9(12)13-2-1-5-22-13)14(21)10-7-11(10)15(19-17)20-18/h1-6H,7,17-18H2,(H,19,20). The molecule has 0 unspecified atom stereocenters. The van der Waals surface area contributed by atoms with E-state index in [2.05, 4.69) is 10.5 Å². The van der Waals surface area contributed by atoms with Crippen molar-refractivity contribution in [1.82, 2.24) is 5.43 Å². The number of hydrazine groups is 1. The van der Waals surface area contributed by atoms with Gasteiger partial charge >= 0.3 is 0 Å². The minimum Gasteiger partial charge on any atom is -0.464 e. The molecule has 0 fully saturated rings. The summed E-state index contributed by atoms with van der Waals surface area (Å²) in [6.07, 6.45) is 2.08. The van der Waals surface area contributed by atoms with E-state index in [9.17, 15) is 4.79 Å². The van der Waals surface area contributed by atoms with Crippen LogP contribution in [0.15, 0.2) is 57.3 Å². The van der Waals surface area contributed by atoms with Gasteiger partial charge in [0.2, 0.25) is 0 Å². The van der Waals surface area contributed by atoms with Crippen LogP contribution in [0.5, 0.6) is 0 Å². The number of amidine groups is 1. The Morgan fingerprint density at radius 3 is 2.73 bits per heavy atom. The number of benzene rings is 1. The minimum absolute atomic E-state index is 0.112. The third-order valence-electron chi connectivity index (χ3n) is 3.44. The zero-order chi connectivity index (χ0) is 15.7. The summed E-state index contributed by atoms with van der Waals surface area (Å²) >= 11 is 6.24. The van der Waals surface area contributed by atoms with Crippen LogP contribution in [0.2, 0.25) is 5.02 Å². The van der Waals surface area contributed by atoms with Crippen LogP contribution in [0.25, 0.3) is 11.3 Å². The quantitative estimate of drug-likeness (QED) is 0.263. The SMILES string of the molecule is N/N=C(/NN)C1=C(C(=O)c2ccc(-c3ccco3)c(Cl)c2)C1. The predicted octanol–water partition coefficient (Wildman–Crippen LogP) is 2.22. The largest absolute Gasteiger partial charge is 0.464 e. The fourth-order valence-electron chi connectivity index (χ4n) is 2.24. The lowest BCUT2D eigenvalue weighted by molar-refractivity contribution is 0.103. The number of carbonyl (C=O) groups excluding carboxylic acids is 1. The second-order valence-electron chi connectivity index (χ2n) is 4.76. The number of nitrogens with zero attached hydrogens (tertiary/aromatic N) is 1. The van der Waals surface area contributed by atoms with Gasteiger partial charge in [-0.15, -0.1) is 0 Å². The number of nitrogens with one attached hydrogen (secondary N) is 1. The van der Waals surface area contributed by atoms with Crippen LogP contribution in [0, 0.1) is 0 Å². The van der Waals surface area contributed by atoms with Gasteiger partial charge in [-0.1, -0.05) is 17.7 Å². The molecule has 5 N–H and O–H groups in total. The number of hydrogen-bond acceptors (Lipinski definition) is 5. The summed E-state index contributed by atoms with van der Waals surface area (Å²) in [4.78, 5) is 12.4. The number of nitrogens with two attached hydrogens (primary N) is 2. The van der Waals surface area contributed by atoms with Crippen molar-refractivity contribution in [2.75, 3.05) is 0 Å². The molecule has 2 aromatic rings. The molecule has 1 aliphatic rings. The number of rotatable bonds is 4. The van der Waals surface area contributed by atoms with E-state index < -0.39 is 0 Å². The molecule has 1 aromatic heterocycles. The Morgan fingerprint density at radius 2 is 2.14 bits per heavy atom. The van der Waals surface area contributed by atoms with E-state index in [0.717, 1.165) is 11.1 Å². The average Bonchev–Trinajstić information content (AvgIpc) is 3.11. The highest BCUT2D eigenvalue weighted by atomic mass is 35.5. The molecule has 7 heteroatoms. The van der Waals surface area contributed by atoms with Crippen molar-refractivity contribution in [2.45, 2.75) is 6.42 Å². The summed E-state index contributed by atoms with van der Waals surface area (Å²) in [6, 6.07) is 8.68. The van der Waals surface area contributed by atoms with E-state index in [0.29, 0.717) is 34.2 Å². The van der Waals surface area contributed by atoms with Crippen molar-refractivity contribution >= 4 is 23.2 Å². The van der Waals surface area contributed by atoms with Gasteiger partial charge in [-0.3, -0.25) is 4.79 Å². The summed E-state index contributed by atoms with van der Waals surface area (Å²) < 4.78 is 5.31. The van der Waals surface area contributed by atoms with Crippen molar-refractivity contribution in [3.05, 3.63) is 58.3 Å². The number of Topliss-reactive ketones (excluding diaryl/α,β-unsaturated/α-hetero) is 1. The number of hydrogen-bond donors (Lipinski definition) is 3. The van der Waals surface area contributed by atoms with Gasteiger partial charge in [0.05, 0.1) is 11.3 Å². The highest BCUT2D eigenvalue weighted by molar-refractivity contribution is 6.34. The molecule has 0 radical (unpaired) electrons. The lowest BCUT2D eigenvalue weighted by Crippen LogP contribution is -2.30. The maximum absolute atomic E-state index is 12.4. The summed E-state index contributed by atoms with van der Waals surface area (Å²) in [5.74, 6) is 11.3. The first-order valence-electron chi connectivity index (χ1n) is 6.50. The molecule has 1 aromatic carbocycles. The second kappa shape index (κ2) is 5.67. The molecule has 0 saturated carbocycles. The van der Waals surface area contributed by atoms with Crippen molar-refractivity contribution in [3.63, 3.8) is 0 Å². The first kappa shape index (κ1) is 14.4. The van der Waals surface area contributed by atoms with Gasteiger partial charge < -0.3 is 15.7 Å². The summed E-state index contributed by atoms with van der Waals surface area (Å²) in [7, 11) is 0. The van der Waals surface area contributed by atoms with E-state index in [-0.39, 0.29) is 5.78 Å². The van der Waals surface area contributed by atoms with Gasteiger partial charge in [0.1, 0.15) is 5.76 Å². The topological polar surface area (TPSA) is 107 Å². The van der Waals surface area contributed by atoms with Crippen molar-refractivity contribution in [1.29, 1.82) is 0 Å². The number of halogens is 1. The maximum Gasteiger partial charge on any atom is 0.189 e. The second-order valence-corrected chi connectivity index (χ2v) is 5.16. The molecule has 6 nitrogen and oxygen atoms in total.